The van der Waals surface area contributed by atoms with E-state index in [0.29, 0.717) is 19.4 Å². The molecule has 0 amide bonds. The zero-order valence-corrected chi connectivity index (χ0v) is 37.8. The van der Waals surface area contributed by atoms with E-state index in [4.69, 9.17) is 14.2 Å². The Bertz CT molecular complexity index is 1140. The molecule has 0 rings (SSSR count). The van der Waals surface area contributed by atoms with Crippen molar-refractivity contribution in [3.8, 4) is 0 Å². The molecule has 5 heteroatoms. The van der Waals surface area contributed by atoms with Gasteiger partial charge in [0.2, 0.25) is 0 Å². The van der Waals surface area contributed by atoms with E-state index < -0.39 is 6.10 Å². The van der Waals surface area contributed by atoms with Gasteiger partial charge in [0.1, 0.15) is 6.61 Å². The van der Waals surface area contributed by atoms with Crippen molar-refractivity contribution < 1.29 is 23.8 Å². The molecule has 1 unspecified atom stereocenters. The SMILES string of the molecule is CC/C=C\C/C=C\C/C=C\C/C=C\C/C=C\CCCC(=O)OCC(COCCCCCCCCC/C=C\C/C=C\C/C=C\CCCCC)OC(=O)CCCCCCC. The van der Waals surface area contributed by atoms with E-state index in [0.717, 1.165) is 89.9 Å². The molecule has 0 spiro atoms. The Hall–Kier alpha value is -3.18. The summed E-state index contributed by atoms with van der Waals surface area (Å²) in [4.78, 5) is 25.0. The minimum atomic E-state index is -0.564. The Kier molecular flexibility index (Phi) is 45.5. The molecule has 0 radical (unpaired) electrons. The minimum absolute atomic E-state index is 0.0464. The van der Waals surface area contributed by atoms with Crippen LogP contribution in [0.3, 0.4) is 0 Å². The van der Waals surface area contributed by atoms with Crippen molar-refractivity contribution in [3.05, 3.63) is 97.2 Å². The summed E-state index contributed by atoms with van der Waals surface area (Å²) in [6.45, 7) is 7.51. The Morgan fingerprint density at radius 1 is 0.397 bits per heavy atom. The number of carbonyl (C=O) groups excluding carboxylic acids is 2. The molecule has 0 aliphatic heterocycles. The normalized spacial score (nSPS) is 13.1. The molecule has 58 heavy (non-hydrogen) atoms. The second-order valence-electron chi connectivity index (χ2n) is 15.3. The molecule has 0 heterocycles. The Labute approximate surface area is 358 Å². The third kappa shape index (κ3) is 45.5. The Morgan fingerprint density at radius 2 is 0.793 bits per heavy atom. The highest BCUT2D eigenvalue weighted by molar-refractivity contribution is 5.70. The van der Waals surface area contributed by atoms with E-state index in [1.54, 1.807) is 0 Å². The maximum absolute atomic E-state index is 12.6. The van der Waals surface area contributed by atoms with Crippen LogP contribution >= 0.6 is 0 Å². The van der Waals surface area contributed by atoms with Crippen LogP contribution < -0.4 is 0 Å². The topological polar surface area (TPSA) is 61.8 Å². The quantitative estimate of drug-likeness (QED) is 0.0349. The summed E-state index contributed by atoms with van der Waals surface area (Å²) in [5.74, 6) is -0.489. The van der Waals surface area contributed by atoms with Crippen molar-refractivity contribution in [2.75, 3.05) is 19.8 Å². The van der Waals surface area contributed by atoms with Gasteiger partial charge in [0.05, 0.1) is 6.61 Å². The van der Waals surface area contributed by atoms with Crippen molar-refractivity contribution >= 4 is 11.9 Å². The van der Waals surface area contributed by atoms with Crippen LogP contribution in [-0.4, -0.2) is 37.9 Å². The van der Waals surface area contributed by atoms with E-state index in [-0.39, 0.29) is 25.2 Å². The Balaban J connectivity index is 4.16. The van der Waals surface area contributed by atoms with Crippen LogP contribution in [0.2, 0.25) is 0 Å². The molecule has 0 aliphatic rings. The third-order valence-electron chi connectivity index (χ3n) is 9.60. The lowest BCUT2D eigenvalue weighted by Gasteiger charge is -2.18. The molecule has 0 saturated heterocycles. The summed E-state index contributed by atoms with van der Waals surface area (Å²) in [5, 5.41) is 0. The molecule has 0 N–H and O–H groups in total. The van der Waals surface area contributed by atoms with E-state index in [9.17, 15) is 9.59 Å². The molecular weight excluding hydrogens is 717 g/mol. The number of unbranched alkanes of at least 4 members (excludes halogenated alkanes) is 15. The number of esters is 2. The molecule has 1 atom stereocenters. The van der Waals surface area contributed by atoms with Crippen molar-refractivity contribution in [1.29, 1.82) is 0 Å². The molecule has 0 aromatic carbocycles. The maximum atomic E-state index is 12.6. The molecule has 0 fully saturated rings. The van der Waals surface area contributed by atoms with Crippen molar-refractivity contribution in [1.82, 2.24) is 0 Å². The van der Waals surface area contributed by atoms with Gasteiger partial charge < -0.3 is 14.2 Å². The molecule has 0 aromatic rings. The van der Waals surface area contributed by atoms with Gasteiger partial charge in [-0.2, -0.15) is 0 Å². The zero-order valence-electron chi connectivity index (χ0n) is 37.8. The molecule has 5 nitrogen and oxygen atoms in total. The molecular formula is C53H88O5. The number of allylic oxidation sites excluding steroid dienone is 16. The zero-order chi connectivity index (χ0) is 42.1. The van der Waals surface area contributed by atoms with Crippen LogP contribution in [0.4, 0.5) is 0 Å². The molecule has 330 valence electrons. The number of carbonyl (C=O) groups is 2. The number of ether oxygens (including phenoxy) is 3. The number of hydrogen-bond donors (Lipinski definition) is 0. The largest absolute Gasteiger partial charge is 0.462 e. The van der Waals surface area contributed by atoms with Crippen LogP contribution in [0.15, 0.2) is 97.2 Å². The first-order valence-electron chi connectivity index (χ1n) is 23.8. The van der Waals surface area contributed by atoms with Crippen molar-refractivity contribution in [2.45, 2.75) is 207 Å². The van der Waals surface area contributed by atoms with E-state index in [2.05, 4.69) is 118 Å². The number of rotatable bonds is 42. The molecule has 0 aliphatic carbocycles. The summed E-state index contributed by atoms with van der Waals surface area (Å²) in [6.07, 6.45) is 64.4. The highest BCUT2D eigenvalue weighted by Crippen LogP contribution is 2.11. The van der Waals surface area contributed by atoms with Gasteiger partial charge in [0, 0.05) is 19.4 Å². The van der Waals surface area contributed by atoms with Gasteiger partial charge in [-0.15, -0.1) is 0 Å². The Morgan fingerprint density at radius 3 is 1.33 bits per heavy atom. The van der Waals surface area contributed by atoms with E-state index >= 15 is 0 Å². The van der Waals surface area contributed by atoms with Crippen LogP contribution in [0, 0.1) is 0 Å². The fraction of sp³-hybridized carbons (Fsp3) is 0.660. The first kappa shape index (κ1) is 54.8. The van der Waals surface area contributed by atoms with Crippen molar-refractivity contribution in [2.24, 2.45) is 0 Å². The van der Waals surface area contributed by atoms with Crippen LogP contribution in [0.1, 0.15) is 201 Å². The van der Waals surface area contributed by atoms with Gasteiger partial charge in [-0.05, 0) is 96.3 Å². The smallest absolute Gasteiger partial charge is 0.306 e. The van der Waals surface area contributed by atoms with Crippen LogP contribution in [0.25, 0.3) is 0 Å². The summed E-state index contributed by atoms with van der Waals surface area (Å²) in [5.41, 5.74) is 0. The lowest BCUT2D eigenvalue weighted by atomic mass is 10.1. The van der Waals surface area contributed by atoms with Crippen molar-refractivity contribution in [3.63, 3.8) is 0 Å². The second kappa shape index (κ2) is 48.2. The first-order chi connectivity index (χ1) is 28.6. The maximum Gasteiger partial charge on any atom is 0.306 e. The standard InChI is InChI=1S/C53H88O5/c1-4-7-10-13-15-17-19-21-23-25-26-27-29-31-33-35-37-39-42-45-48-56-49-51(58-53(55)47-44-40-12-9-6-3)50-57-52(54)46-43-41-38-36-34-32-30-28-24-22-20-18-16-14-11-8-5-2/h8,11,15-18,21-24,26-27,30,32,36,38,51H,4-7,9-10,12-14,19-20,25,28-29,31,33-35,37,39-50H2,1-3H3/b11-8-,17-15-,18-16-,23-21-,24-22-,27-26-,32-30-,38-36-. The summed E-state index contributed by atoms with van der Waals surface area (Å²) in [7, 11) is 0. The van der Waals surface area contributed by atoms with Gasteiger partial charge in [-0.25, -0.2) is 0 Å². The predicted molar refractivity (Wildman–Crippen MR) is 251 cm³/mol. The van der Waals surface area contributed by atoms with Crippen LogP contribution in [-0.2, 0) is 23.8 Å². The molecule has 0 bridgehead atoms. The summed E-state index contributed by atoms with van der Waals surface area (Å²) >= 11 is 0. The molecule has 0 aromatic heterocycles. The van der Waals surface area contributed by atoms with Gasteiger partial charge in [0.25, 0.3) is 0 Å². The third-order valence-corrected chi connectivity index (χ3v) is 9.60. The average Bonchev–Trinajstić information content (AvgIpc) is 3.22. The van der Waals surface area contributed by atoms with E-state index in [1.165, 1.54) is 77.0 Å². The highest BCUT2D eigenvalue weighted by Gasteiger charge is 2.17. The highest BCUT2D eigenvalue weighted by atomic mass is 16.6. The fourth-order valence-electron chi connectivity index (χ4n) is 6.08. The average molecular weight is 805 g/mol. The van der Waals surface area contributed by atoms with Gasteiger partial charge in [-0.1, -0.05) is 189 Å². The predicted octanol–water partition coefficient (Wildman–Crippen LogP) is 15.9. The van der Waals surface area contributed by atoms with E-state index in [1.807, 2.05) is 0 Å². The lowest BCUT2D eigenvalue weighted by Crippen LogP contribution is -2.30. The number of hydrogen-bond acceptors (Lipinski definition) is 5. The summed E-state index contributed by atoms with van der Waals surface area (Å²) < 4.78 is 17.2. The lowest BCUT2D eigenvalue weighted by molar-refractivity contribution is -0.163. The fourth-order valence-corrected chi connectivity index (χ4v) is 6.08. The van der Waals surface area contributed by atoms with Gasteiger partial charge in [0.15, 0.2) is 6.10 Å². The first-order valence-corrected chi connectivity index (χ1v) is 23.8. The monoisotopic (exact) mass is 805 g/mol. The van der Waals surface area contributed by atoms with Gasteiger partial charge in [-0.3, -0.25) is 9.59 Å². The van der Waals surface area contributed by atoms with Gasteiger partial charge >= 0.3 is 11.9 Å². The summed E-state index contributed by atoms with van der Waals surface area (Å²) in [6, 6.07) is 0. The van der Waals surface area contributed by atoms with Crippen LogP contribution in [0.5, 0.6) is 0 Å². The second-order valence-corrected chi connectivity index (χ2v) is 15.3. The molecule has 0 saturated carbocycles. The minimum Gasteiger partial charge on any atom is -0.462 e.